The molecular weight excluding hydrogens is 226 g/mol. The largest absolute Gasteiger partial charge is 0.464 e. The quantitative estimate of drug-likeness (QED) is 0.892. The highest BCUT2D eigenvalue weighted by Gasteiger charge is 2.42. The van der Waals surface area contributed by atoms with E-state index in [1.54, 1.807) is 0 Å². The van der Waals surface area contributed by atoms with Crippen LogP contribution in [0.1, 0.15) is 45.3 Å². The van der Waals surface area contributed by atoms with Gasteiger partial charge in [-0.1, -0.05) is 13.8 Å². The third kappa shape index (κ3) is 2.34. The zero-order chi connectivity index (χ0) is 13.3. The lowest BCUT2D eigenvalue weighted by atomic mass is 9.82. The summed E-state index contributed by atoms with van der Waals surface area (Å²) in [5, 5.41) is 3.41. The Balaban J connectivity index is 2.22. The molecular formula is C15H25NO2. The number of ether oxygens (including phenoxy) is 1. The molecule has 0 spiro atoms. The Bertz CT molecular complexity index is 388. The van der Waals surface area contributed by atoms with Gasteiger partial charge >= 0.3 is 0 Å². The Morgan fingerprint density at radius 2 is 1.94 bits per heavy atom. The van der Waals surface area contributed by atoms with Crippen molar-refractivity contribution in [1.82, 2.24) is 5.32 Å². The van der Waals surface area contributed by atoms with E-state index < -0.39 is 0 Å². The molecule has 2 heterocycles. The molecule has 0 saturated carbocycles. The van der Waals surface area contributed by atoms with E-state index in [1.165, 1.54) is 0 Å². The highest BCUT2D eigenvalue weighted by molar-refractivity contribution is 5.13. The predicted octanol–water partition coefficient (Wildman–Crippen LogP) is 3.16. The van der Waals surface area contributed by atoms with Gasteiger partial charge in [0.25, 0.3) is 0 Å². The van der Waals surface area contributed by atoms with Gasteiger partial charge in [-0.05, 0) is 38.9 Å². The predicted molar refractivity (Wildman–Crippen MR) is 72.5 cm³/mol. The first kappa shape index (κ1) is 13.6. The summed E-state index contributed by atoms with van der Waals surface area (Å²) in [5.41, 5.74) is 0. The maximum Gasteiger partial charge on any atom is 0.121 e. The summed E-state index contributed by atoms with van der Waals surface area (Å²) in [6, 6.07) is 4.41. The van der Waals surface area contributed by atoms with Crippen LogP contribution in [0, 0.1) is 11.8 Å². The van der Waals surface area contributed by atoms with Crippen LogP contribution in [0.3, 0.4) is 0 Å². The van der Waals surface area contributed by atoms with Gasteiger partial charge < -0.3 is 14.5 Å². The molecule has 0 amide bonds. The van der Waals surface area contributed by atoms with E-state index in [2.05, 4.69) is 45.1 Å². The van der Waals surface area contributed by atoms with Crippen LogP contribution >= 0.6 is 0 Å². The Labute approximate surface area is 110 Å². The van der Waals surface area contributed by atoms with Gasteiger partial charge in [-0.25, -0.2) is 0 Å². The van der Waals surface area contributed by atoms with Gasteiger partial charge in [0, 0.05) is 12.3 Å². The Kier molecular flexibility index (Phi) is 4.13. The van der Waals surface area contributed by atoms with Gasteiger partial charge in [-0.3, -0.25) is 0 Å². The number of aryl methyl sites for hydroxylation is 1. The lowest BCUT2D eigenvalue weighted by molar-refractivity contribution is 0.0468. The summed E-state index contributed by atoms with van der Waals surface area (Å²) in [7, 11) is 2.00. The van der Waals surface area contributed by atoms with Crippen LogP contribution in [-0.2, 0) is 11.2 Å². The second-order valence-electron chi connectivity index (χ2n) is 5.41. The third-order valence-corrected chi connectivity index (χ3v) is 4.35. The third-order valence-electron chi connectivity index (χ3n) is 4.35. The van der Waals surface area contributed by atoms with Crippen LogP contribution in [0.25, 0.3) is 0 Å². The van der Waals surface area contributed by atoms with Gasteiger partial charge in [0.05, 0.1) is 18.2 Å². The van der Waals surface area contributed by atoms with Crippen LogP contribution in [0.2, 0.25) is 0 Å². The molecule has 1 N–H and O–H groups in total. The normalized spacial score (nSPS) is 33.8. The van der Waals surface area contributed by atoms with Gasteiger partial charge in [-0.2, -0.15) is 0 Å². The molecule has 102 valence electrons. The van der Waals surface area contributed by atoms with Crippen LogP contribution < -0.4 is 5.32 Å². The summed E-state index contributed by atoms with van der Waals surface area (Å²) in [6.07, 6.45) is 1.53. The number of rotatable bonds is 4. The molecule has 1 saturated heterocycles. The van der Waals surface area contributed by atoms with Crippen LogP contribution in [-0.4, -0.2) is 19.3 Å². The van der Waals surface area contributed by atoms with Crippen molar-refractivity contribution in [3.05, 3.63) is 23.7 Å². The van der Waals surface area contributed by atoms with Gasteiger partial charge in [-0.15, -0.1) is 0 Å². The van der Waals surface area contributed by atoms with Crippen molar-refractivity contribution >= 4 is 0 Å². The number of hydrogen-bond donors (Lipinski definition) is 1. The number of nitrogens with one attached hydrogen (secondary N) is 1. The molecule has 1 aromatic heterocycles. The molecule has 5 atom stereocenters. The van der Waals surface area contributed by atoms with E-state index in [1.807, 2.05) is 7.05 Å². The second-order valence-corrected chi connectivity index (χ2v) is 5.41. The minimum Gasteiger partial charge on any atom is -0.464 e. The molecule has 0 bridgehead atoms. The smallest absolute Gasteiger partial charge is 0.121 e. The van der Waals surface area contributed by atoms with Crippen molar-refractivity contribution in [1.29, 1.82) is 0 Å². The van der Waals surface area contributed by atoms with Crippen molar-refractivity contribution in [2.45, 2.75) is 52.4 Å². The van der Waals surface area contributed by atoms with E-state index in [0.29, 0.717) is 17.9 Å². The second kappa shape index (κ2) is 5.45. The number of furan rings is 1. The van der Waals surface area contributed by atoms with Crippen molar-refractivity contribution in [2.75, 3.05) is 7.05 Å². The zero-order valence-electron chi connectivity index (χ0n) is 12.1. The topological polar surface area (TPSA) is 34.4 Å². The maximum atomic E-state index is 5.94. The van der Waals surface area contributed by atoms with E-state index in [9.17, 15) is 0 Å². The average molecular weight is 251 g/mol. The van der Waals surface area contributed by atoms with Crippen molar-refractivity contribution in [3.8, 4) is 0 Å². The lowest BCUT2D eigenvalue weighted by Gasteiger charge is -2.27. The summed E-state index contributed by atoms with van der Waals surface area (Å²) in [4.78, 5) is 0. The first-order chi connectivity index (χ1) is 8.58. The Morgan fingerprint density at radius 1 is 1.22 bits per heavy atom. The SMILES string of the molecule is CCc1ccc(C(NC)C2C(C)OC(C)C2C)o1. The summed E-state index contributed by atoms with van der Waals surface area (Å²) < 4.78 is 11.9. The summed E-state index contributed by atoms with van der Waals surface area (Å²) in [6.45, 7) is 8.71. The van der Waals surface area contributed by atoms with E-state index >= 15 is 0 Å². The fraction of sp³-hybridized carbons (Fsp3) is 0.733. The molecule has 1 aliphatic heterocycles. The van der Waals surface area contributed by atoms with Crippen molar-refractivity contribution < 1.29 is 9.15 Å². The highest BCUT2D eigenvalue weighted by atomic mass is 16.5. The molecule has 1 fully saturated rings. The molecule has 3 nitrogen and oxygen atoms in total. The monoisotopic (exact) mass is 251 g/mol. The van der Waals surface area contributed by atoms with Gasteiger partial charge in [0.15, 0.2) is 0 Å². The first-order valence-corrected chi connectivity index (χ1v) is 6.99. The number of hydrogen-bond acceptors (Lipinski definition) is 3. The van der Waals surface area contributed by atoms with Gasteiger partial charge in [0.1, 0.15) is 11.5 Å². The lowest BCUT2D eigenvalue weighted by Crippen LogP contribution is -2.32. The maximum absolute atomic E-state index is 5.94. The van der Waals surface area contributed by atoms with Crippen LogP contribution in [0.4, 0.5) is 0 Å². The fourth-order valence-corrected chi connectivity index (χ4v) is 3.14. The molecule has 0 aromatic carbocycles. The van der Waals surface area contributed by atoms with Crippen molar-refractivity contribution in [3.63, 3.8) is 0 Å². The molecule has 0 radical (unpaired) electrons. The van der Waals surface area contributed by atoms with Crippen LogP contribution in [0.5, 0.6) is 0 Å². The fourth-order valence-electron chi connectivity index (χ4n) is 3.14. The molecule has 2 rings (SSSR count). The standard InChI is InChI=1S/C15H25NO2/c1-6-12-7-8-13(18-12)15(16-5)14-9(2)10(3)17-11(14)4/h7-11,14-16H,6H2,1-5H3. The average Bonchev–Trinajstić information content (AvgIpc) is 2.91. The van der Waals surface area contributed by atoms with E-state index in [4.69, 9.17) is 9.15 Å². The first-order valence-electron chi connectivity index (χ1n) is 6.99. The molecule has 3 heteroatoms. The molecule has 0 aliphatic carbocycles. The molecule has 1 aliphatic rings. The Morgan fingerprint density at radius 3 is 2.39 bits per heavy atom. The summed E-state index contributed by atoms with van der Waals surface area (Å²) >= 11 is 0. The highest BCUT2D eigenvalue weighted by Crippen LogP contribution is 2.40. The van der Waals surface area contributed by atoms with Gasteiger partial charge in [0.2, 0.25) is 0 Å². The summed E-state index contributed by atoms with van der Waals surface area (Å²) in [5.74, 6) is 3.08. The molecule has 1 aromatic rings. The van der Waals surface area contributed by atoms with Crippen LogP contribution in [0.15, 0.2) is 16.5 Å². The minimum atomic E-state index is 0.236. The molecule has 18 heavy (non-hydrogen) atoms. The minimum absolute atomic E-state index is 0.236. The molecule has 5 unspecified atom stereocenters. The Hall–Kier alpha value is -0.800. The van der Waals surface area contributed by atoms with E-state index in [0.717, 1.165) is 17.9 Å². The van der Waals surface area contributed by atoms with Crippen molar-refractivity contribution in [2.24, 2.45) is 11.8 Å². The van der Waals surface area contributed by atoms with E-state index in [-0.39, 0.29) is 12.1 Å². The zero-order valence-corrected chi connectivity index (χ0v) is 12.1.